The van der Waals surface area contributed by atoms with Gasteiger partial charge in [-0.25, -0.2) is 0 Å². The molecule has 194 valence electrons. The van der Waals surface area contributed by atoms with Gasteiger partial charge in [-0.2, -0.15) is 0 Å². The summed E-state index contributed by atoms with van der Waals surface area (Å²) in [5.41, 5.74) is 0. The third kappa shape index (κ3) is 22.4. The summed E-state index contributed by atoms with van der Waals surface area (Å²) in [6.45, 7) is 3.16. The Bertz CT molecular complexity index is 391. The number of rotatable bonds is 20. The van der Waals surface area contributed by atoms with Crippen LogP contribution in [0.5, 0.6) is 0 Å². The van der Waals surface area contributed by atoms with Crippen molar-refractivity contribution in [1.29, 1.82) is 0 Å². The van der Waals surface area contributed by atoms with Gasteiger partial charge in [-0.05, 0) is 12.3 Å². The highest BCUT2D eigenvalue weighted by Crippen LogP contribution is 2.14. The van der Waals surface area contributed by atoms with Crippen LogP contribution in [0.4, 0.5) is 0 Å². The Morgan fingerprint density at radius 3 is 1.19 bits per heavy atom. The fourth-order valence-corrected chi connectivity index (χ4v) is 3.27. The lowest BCUT2D eigenvalue weighted by Gasteiger charge is -2.24. The maximum Gasteiger partial charge on any atom is 0.303 e. The van der Waals surface area contributed by atoms with Crippen LogP contribution in [-0.2, 0) is 4.79 Å². The average molecular weight is 467 g/mol. The van der Waals surface area contributed by atoms with Crippen molar-refractivity contribution < 1.29 is 40.5 Å². The summed E-state index contributed by atoms with van der Waals surface area (Å²) in [6.07, 6.45) is 10.9. The normalized spacial score (nSPS) is 15.0. The van der Waals surface area contributed by atoms with Gasteiger partial charge in [0.2, 0.25) is 0 Å². The molecule has 0 aromatic carbocycles. The third-order valence-corrected chi connectivity index (χ3v) is 5.43. The zero-order chi connectivity index (χ0) is 24.8. The van der Waals surface area contributed by atoms with Gasteiger partial charge in [0.25, 0.3) is 0 Å². The zero-order valence-electron chi connectivity index (χ0n) is 20.2. The molecule has 0 bridgehead atoms. The molecule has 0 saturated heterocycles. The van der Waals surface area contributed by atoms with Crippen molar-refractivity contribution in [2.24, 2.45) is 5.92 Å². The van der Waals surface area contributed by atoms with Crippen LogP contribution in [0.3, 0.4) is 0 Å². The van der Waals surface area contributed by atoms with Gasteiger partial charge in [0.15, 0.2) is 0 Å². The summed E-state index contributed by atoms with van der Waals surface area (Å²) in [5, 5.41) is 60.7. The number of carbonyl (C=O) groups is 1. The largest absolute Gasteiger partial charge is 0.481 e. The van der Waals surface area contributed by atoms with Gasteiger partial charge < -0.3 is 35.7 Å². The Hall–Kier alpha value is -0.770. The smallest absolute Gasteiger partial charge is 0.303 e. The number of aliphatic hydroxyl groups is 6. The summed E-state index contributed by atoms with van der Waals surface area (Å²) in [5.74, 6) is 0.212. The molecular formula is C24H50O8. The minimum atomic E-state index is -1.67. The highest BCUT2D eigenvalue weighted by atomic mass is 16.4. The molecule has 0 aliphatic carbocycles. The Labute approximate surface area is 194 Å². The molecule has 0 spiro atoms. The van der Waals surface area contributed by atoms with Crippen LogP contribution < -0.4 is 0 Å². The van der Waals surface area contributed by atoms with E-state index in [-0.39, 0.29) is 0 Å². The number of unbranched alkanes of at least 4 members (excludes halogenated alkanes) is 11. The predicted octanol–water partition coefficient (Wildman–Crippen LogP) is 2.60. The number of hydrogen-bond donors (Lipinski definition) is 7. The highest BCUT2D eigenvalue weighted by molar-refractivity contribution is 5.66. The molecule has 0 radical (unpaired) electrons. The number of aliphatic hydroxyl groups excluding tert-OH is 6. The van der Waals surface area contributed by atoms with Crippen molar-refractivity contribution in [3.05, 3.63) is 0 Å². The minimum Gasteiger partial charge on any atom is -0.481 e. The molecule has 0 aliphatic heterocycles. The molecule has 0 rings (SSSR count). The van der Waals surface area contributed by atoms with Gasteiger partial charge in [0.1, 0.15) is 24.4 Å². The molecule has 4 atom stereocenters. The fraction of sp³-hybridized carbons (Fsp3) is 0.958. The SMILES string of the molecule is CC(C)CCCCCCCCCCCCCCC(=O)O.OC[C@@H](O)[C@@H](O)[C@H](O)[C@@H](O)CO. The maximum atomic E-state index is 10.3. The standard InChI is InChI=1S/C18H36O2.C6H14O6/c1-17(2)15-13-11-9-7-5-3-4-6-8-10-12-14-16-18(19)20;7-1-3(9)5(11)6(12)4(10)2-8/h17H,3-16H2,1-2H3,(H,19,20);3-12H,1-2H2/t;3-,4+,5-,6-/m.1/s1. The highest BCUT2D eigenvalue weighted by Gasteiger charge is 2.29. The molecule has 0 unspecified atom stereocenters. The lowest BCUT2D eigenvalue weighted by atomic mass is 10.0. The Morgan fingerprint density at radius 2 is 0.906 bits per heavy atom. The van der Waals surface area contributed by atoms with Crippen molar-refractivity contribution in [2.75, 3.05) is 13.2 Å². The van der Waals surface area contributed by atoms with E-state index in [9.17, 15) is 4.79 Å². The van der Waals surface area contributed by atoms with Gasteiger partial charge in [0, 0.05) is 6.42 Å². The fourth-order valence-electron chi connectivity index (χ4n) is 3.27. The van der Waals surface area contributed by atoms with E-state index in [1.165, 1.54) is 70.6 Å². The van der Waals surface area contributed by atoms with Gasteiger partial charge in [-0.3, -0.25) is 4.79 Å². The van der Waals surface area contributed by atoms with E-state index >= 15 is 0 Å². The van der Waals surface area contributed by atoms with Crippen LogP contribution in [0, 0.1) is 5.92 Å². The van der Waals surface area contributed by atoms with E-state index in [4.69, 9.17) is 35.7 Å². The minimum absolute atomic E-state index is 0.344. The van der Waals surface area contributed by atoms with E-state index in [2.05, 4.69) is 13.8 Å². The molecule has 0 aliphatic rings. The molecule has 8 nitrogen and oxygen atoms in total. The molecule has 0 aromatic rings. The number of carboxylic acid groups (broad SMARTS) is 1. The Kier molecular flexibility index (Phi) is 24.4. The first-order valence-electron chi connectivity index (χ1n) is 12.3. The molecule has 0 aromatic heterocycles. The summed E-state index contributed by atoms with van der Waals surface area (Å²) in [6, 6.07) is 0. The second-order valence-corrected chi connectivity index (χ2v) is 9.05. The van der Waals surface area contributed by atoms with Gasteiger partial charge in [-0.15, -0.1) is 0 Å². The van der Waals surface area contributed by atoms with E-state index in [0.717, 1.165) is 18.8 Å². The van der Waals surface area contributed by atoms with E-state index < -0.39 is 43.6 Å². The van der Waals surface area contributed by atoms with E-state index in [0.29, 0.717) is 6.42 Å². The molecule has 0 fully saturated rings. The topological polar surface area (TPSA) is 159 Å². The second-order valence-electron chi connectivity index (χ2n) is 9.05. The summed E-state index contributed by atoms with van der Waals surface area (Å²) >= 11 is 0. The van der Waals surface area contributed by atoms with Crippen LogP contribution in [0.2, 0.25) is 0 Å². The van der Waals surface area contributed by atoms with Crippen LogP contribution >= 0.6 is 0 Å². The van der Waals surface area contributed by atoms with Crippen molar-refractivity contribution in [1.82, 2.24) is 0 Å². The Balaban J connectivity index is 0. The zero-order valence-corrected chi connectivity index (χ0v) is 20.2. The number of aliphatic carboxylic acids is 1. The first-order valence-corrected chi connectivity index (χ1v) is 12.3. The molecule has 0 heterocycles. The molecule has 0 saturated carbocycles. The van der Waals surface area contributed by atoms with Crippen molar-refractivity contribution >= 4 is 5.97 Å². The van der Waals surface area contributed by atoms with Crippen LogP contribution in [0.25, 0.3) is 0 Å². The quantitative estimate of drug-likeness (QED) is 0.135. The first kappa shape index (κ1) is 33.4. The average Bonchev–Trinajstić information content (AvgIpc) is 2.77. The van der Waals surface area contributed by atoms with Gasteiger partial charge in [0.05, 0.1) is 13.2 Å². The lowest BCUT2D eigenvalue weighted by Crippen LogP contribution is -2.46. The molecule has 7 N–H and O–H groups in total. The maximum absolute atomic E-state index is 10.3. The summed E-state index contributed by atoms with van der Waals surface area (Å²) in [7, 11) is 0. The molecule has 8 heteroatoms. The predicted molar refractivity (Wildman–Crippen MR) is 125 cm³/mol. The van der Waals surface area contributed by atoms with Crippen molar-refractivity contribution in [2.45, 2.75) is 128 Å². The van der Waals surface area contributed by atoms with Gasteiger partial charge >= 0.3 is 5.97 Å². The summed E-state index contributed by atoms with van der Waals surface area (Å²) < 4.78 is 0. The van der Waals surface area contributed by atoms with E-state index in [1.54, 1.807) is 0 Å². The van der Waals surface area contributed by atoms with Crippen molar-refractivity contribution in [3.8, 4) is 0 Å². The Morgan fingerprint density at radius 1 is 0.594 bits per heavy atom. The van der Waals surface area contributed by atoms with Crippen molar-refractivity contribution in [3.63, 3.8) is 0 Å². The molecular weight excluding hydrogens is 416 g/mol. The monoisotopic (exact) mass is 466 g/mol. The van der Waals surface area contributed by atoms with Crippen LogP contribution in [-0.4, -0.2) is 79.3 Å². The molecule has 0 amide bonds. The van der Waals surface area contributed by atoms with Gasteiger partial charge in [-0.1, -0.05) is 90.9 Å². The van der Waals surface area contributed by atoms with E-state index in [1.807, 2.05) is 0 Å². The van der Waals surface area contributed by atoms with Crippen LogP contribution in [0.1, 0.15) is 104 Å². The van der Waals surface area contributed by atoms with Crippen LogP contribution in [0.15, 0.2) is 0 Å². The first-order chi connectivity index (χ1) is 15.2. The number of carboxylic acids is 1. The lowest BCUT2D eigenvalue weighted by molar-refractivity contribution is -0.137. The number of hydrogen-bond acceptors (Lipinski definition) is 7. The third-order valence-electron chi connectivity index (χ3n) is 5.43. The summed E-state index contributed by atoms with van der Waals surface area (Å²) in [4.78, 5) is 10.3. The molecule has 32 heavy (non-hydrogen) atoms. The second kappa shape index (κ2) is 23.4.